The van der Waals surface area contributed by atoms with Crippen molar-refractivity contribution in [3.63, 3.8) is 0 Å². The Morgan fingerprint density at radius 2 is 2.30 bits per heavy atom. The molecule has 1 nitrogen and oxygen atoms in total. The number of aliphatic hydroxyl groups is 1. The molecular formula is C9H16O. The molecule has 0 aromatic carbocycles. The predicted molar refractivity (Wildman–Crippen MR) is 42.8 cm³/mol. The third-order valence-corrected chi connectivity index (χ3v) is 2.09. The molecule has 0 aromatic rings. The second-order valence-electron chi connectivity index (χ2n) is 3.06. The molecule has 2 atom stereocenters. The Kier molecular flexibility index (Phi) is 2.94. The zero-order chi connectivity index (χ0) is 7.40. The van der Waals surface area contributed by atoms with Crippen molar-refractivity contribution in [2.75, 3.05) is 0 Å². The summed E-state index contributed by atoms with van der Waals surface area (Å²) in [6, 6.07) is 0. The Morgan fingerprint density at radius 1 is 1.50 bits per heavy atom. The monoisotopic (exact) mass is 140 g/mol. The molecule has 1 saturated carbocycles. The third kappa shape index (κ3) is 2.14. The summed E-state index contributed by atoms with van der Waals surface area (Å²) in [5.74, 6) is 0.662. The van der Waals surface area contributed by atoms with Gasteiger partial charge >= 0.3 is 0 Å². The standard InChI is InChI=1S/C9H16O/c1-2-3-4-8-5-6-9(10)7-8/h3-4,8-10H,2,5-7H2,1H3/b4-3+. The number of allylic oxidation sites excluding steroid dienone is 2. The van der Waals surface area contributed by atoms with E-state index >= 15 is 0 Å². The van der Waals surface area contributed by atoms with Crippen molar-refractivity contribution >= 4 is 0 Å². The van der Waals surface area contributed by atoms with Gasteiger partial charge in [0.05, 0.1) is 6.10 Å². The molecule has 0 heterocycles. The largest absolute Gasteiger partial charge is 0.393 e. The van der Waals surface area contributed by atoms with Crippen LogP contribution in [0.25, 0.3) is 0 Å². The highest BCUT2D eigenvalue weighted by molar-refractivity contribution is 4.92. The molecular weight excluding hydrogens is 124 g/mol. The van der Waals surface area contributed by atoms with E-state index in [1.54, 1.807) is 0 Å². The van der Waals surface area contributed by atoms with Crippen LogP contribution in [-0.2, 0) is 0 Å². The summed E-state index contributed by atoms with van der Waals surface area (Å²) in [4.78, 5) is 0. The van der Waals surface area contributed by atoms with E-state index in [9.17, 15) is 0 Å². The summed E-state index contributed by atoms with van der Waals surface area (Å²) < 4.78 is 0. The van der Waals surface area contributed by atoms with E-state index in [2.05, 4.69) is 19.1 Å². The van der Waals surface area contributed by atoms with Gasteiger partial charge in [-0.2, -0.15) is 0 Å². The van der Waals surface area contributed by atoms with Gasteiger partial charge < -0.3 is 5.11 Å². The van der Waals surface area contributed by atoms with Gasteiger partial charge in [-0.15, -0.1) is 0 Å². The molecule has 0 saturated heterocycles. The van der Waals surface area contributed by atoms with Gasteiger partial charge in [0, 0.05) is 0 Å². The number of hydrogen-bond donors (Lipinski definition) is 1. The van der Waals surface area contributed by atoms with E-state index < -0.39 is 0 Å². The number of hydrogen-bond acceptors (Lipinski definition) is 1. The highest BCUT2D eigenvalue weighted by atomic mass is 16.3. The minimum absolute atomic E-state index is 0.0218. The fourth-order valence-corrected chi connectivity index (χ4v) is 1.49. The first-order chi connectivity index (χ1) is 4.83. The van der Waals surface area contributed by atoms with Gasteiger partial charge in [-0.1, -0.05) is 19.1 Å². The smallest absolute Gasteiger partial charge is 0.0546 e. The van der Waals surface area contributed by atoms with Crippen molar-refractivity contribution in [3.05, 3.63) is 12.2 Å². The zero-order valence-corrected chi connectivity index (χ0v) is 6.59. The van der Waals surface area contributed by atoms with Gasteiger partial charge in [-0.25, -0.2) is 0 Å². The van der Waals surface area contributed by atoms with Gasteiger partial charge in [0.1, 0.15) is 0 Å². The minimum atomic E-state index is -0.0218. The van der Waals surface area contributed by atoms with Gasteiger partial charge in [0.2, 0.25) is 0 Å². The highest BCUT2D eigenvalue weighted by Crippen LogP contribution is 2.26. The molecule has 1 heteroatoms. The average molecular weight is 140 g/mol. The third-order valence-electron chi connectivity index (χ3n) is 2.09. The van der Waals surface area contributed by atoms with Crippen molar-refractivity contribution in [2.45, 2.75) is 38.7 Å². The minimum Gasteiger partial charge on any atom is -0.393 e. The second kappa shape index (κ2) is 3.77. The van der Waals surface area contributed by atoms with Crippen LogP contribution in [0.2, 0.25) is 0 Å². The summed E-state index contributed by atoms with van der Waals surface area (Å²) in [6.07, 6.45) is 8.70. The highest BCUT2D eigenvalue weighted by Gasteiger charge is 2.19. The van der Waals surface area contributed by atoms with E-state index in [0.29, 0.717) is 5.92 Å². The maximum atomic E-state index is 9.17. The van der Waals surface area contributed by atoms with E-state index in [1.165, 1.54) is 6.42 Å². The summed E-state index contributed by atoms with van der Waals surface area (Å²) in [6.45, 7) is 2.14. The van der Waals surface area contributed by atoms with Crippen LogP contribution < -0.4 is 0 Å². The van der Waals surface area contributed by atoms with E-state index in [4.69, 9.17) is 5.11 Å². The molecule has 0 radical (unpaired) electrons. The van der Waals surface area contributed by atoms with Crippen LogP contribution in [0.1, 0.15) is 32.6 Å². The number of aliphatic hydroxyl groups excluding tert-OH is 1. The summed E-state index contributed by atoms with van der Waals surface area (Å²) in [5, 5.41) is 9.17. The molecule has 10 heavy (non-hydrogen) atoms. The first-order valence-corrected chi connectivity index (χ1v) is 4.17. The molecule has 1 rings (SSSR count). The predicted octanol–water partition coefficient (Wildman–Crippen LogP) is 2.11. The molecule has 0 aromatic heterocycles. The molecule has 1 fully saturated rings. The average Bonchev–Trinajstić information content (AvgIpc) is 2.31. The van der Waals surface area contributed by atoms with Gasteiger partial charge in [-0.05, 0) is 31.6 Å². The molecule has 0 bridgehead atoms. The maximum absolute atomic E-state index is 9.17. The SMILES string of the molecule is CC/C=C/C1CCC(O)C1. The van der Waals surface area contributed by atoms with Crippen molar-refractivity contribution in [1.82, 2.24) is 0 Å². The Morgan fingerprint density at radius 3 is 2.80 bits per heavy atom. The first kappa shape index (κ1) is 7.80. The van der Waals surface area contributed by atoms with Crippen molar-refractivity contribution in [1.29, 1.82) is 0 Å². The van der Waals surface area contributed by atoms with Crippen LogP contribution in [0, 0.1) is 5.92 Å². The van der Waals surface area contributed by atoms with Gasteiger partial charge in [0.25, 0.3) is 0 Å². The number of rotatable bonds is 2. The van der Waals surface area contributed by atoms with Crippen LogP contribution in [0.4, 0.5) is 0 Å². The zero-order valence-electron chi connectivity index (χ0n) is 6.59. The summed E-state index contributed by atoms with van der Waals surface area (Å²) >= 11 is 0. The topological polar surface area (TPSA) is 20.2 Å². The molecule has 0 spiro atoms. The molecule has 0 amide bonds. The summed E-state index contributed by atoms with van der Waals surface area (Å²) in [5.41, 5.74) is 0. The lowest BCUT2D eigenvalue weighted by Gasteiger charge is -1.99. The van der Waals surface area contributed by atoms with Crippen molar-refractivity contribution in [2.24, 2.45) is 5.92 Å². The van der Waals surface area contributed by atoms with E-state index in [0.717, 1.165) is 19.3 Å². The lowest BCUT2D eigenvalue weighted by molar-refractivity contribution is 0.180. The molecule has 0 aliphatic heterocycles. The van der Waals surface area contributed by atoms with Crippen molar-refractivity contribution in [3.8, 4) is 0 Å². The lowest BCUT2D eigenvalue weighted by Crippen LogP contribution is -1.98. The Hall–Kier alpha value is -0.300. The van der Waals surface area contributed by atoms with Crippen LogP contribution in [0.5, 0.6) is 0 Å². The Balaban J connectivity index is 2.24. The molecule has 58 valence electrons. The maximum Gasteiger partial charge on any atom is 0.0546 e. The molecule has 1 N–H and O–H groups in total. The fourth-order valence-electron chi connectivity index (χ4n) is 1.49. The summed E-state index contributed by atoms with van der Waals surface area (Å²) in [7, 11) is 0. The quantitative estimate of drug-likeness (QED) is 0.582. The molecule has 2 unspecified atom stereocenters. The normalized spacial score (nSPS) is 33.8. The van der Waals surface area contributed by atoms with Gasteiger partial charge in [0.15, 0.2) is 0 Å². The fraction of sp³-hybridized carbons (Fsp3) is 0.778. The van der Waals surface area contributed by atoms with Crippen molar-refractivity contribution < 1.29 is 5.11 Å². The Bertz CT molecular complexity index is 118. The van der Waals surface area contributed by atoms with Crippen LogP contribution >= 0.6 is 0 Å². The van der Waals surface area contributed by atoms with E-state index in [1.807, 2.05) is 0 Å². The molecule has 1 aliphatic carbocycles. The van der Waals surface area contributed by atoms with Crippen LogP contribution in [0.15, 0.2) is 12.2 Å². The molecule has 1 aliphatic rings. The van der Waals surface area contributed by atoms with E-state index in [-0.39, 0.29) is 6.10 Å². The van der Waals surface area contributed by atoms with Crippen LogP contribution in [-0.4, -0.2) is 11.2 Å². The van der Waals surface area contributed by atoms with Gasteiger partial charge in [-0.3, -0.25) is 0 Å². The van der Waals surface area contributed by atoms with Crippen LogP contribution in [0.3, 0.4) is 0 Å². The second-order valence-corrected chi connectivity index (χ2v) is 3.06. The first-order valence-electron chi connectivity index (χ1n) is 4.17. The Labute approximate surface area is 62.8 Å². The lowest BCUT2D eigenvalue weighted by atomic mass is 10.1.